The lowest BCUT2D eigenvalue weighted by atomic mass is 10.0. The highest BCUT2D eigenvalue weighted by Crippen LogP contribution is 2.28. The number of hydrogen-bond donors (Lipinski definition) is 0. The standard InChI is InChI=1S/C24H34N2O3S/c1-25(15-13-19-11-12-22(28-2)23(17-19)29-3)20-7-5-14-26(18-20)24(27)10-4-8-21-9-6-16-30-21/h6,9,11-12,16-17,20H,4-5,7-8,10,13-15,18H2,1-3H3. The Labute approximate surface area is 184 Å². The van der Waals surface area contributed by atoms with Crippen LogP contribution in [-0.2, 0) is 17.6 Å². The number of nitrogens with zero attached hydrogens (tertiary/aromatic N) is 2. The molecule has 6 heteroatoms. The number of thiophene rings is 1. The van der Waals surface area contributed by atoms with Gasteiger partial charge in [0.05, 0.1) is 14.2 Å². The number of carbonyl (C=O) groups is 1. The number of piperidine rings is 1. The Balaban J connectivity index is 1.45. The van der Waals surface area contributed by atoms with Gasteiger partial charge in [-0.15, -0.1) is 11.3 Å². The highest BCUT2D eigenvalue weighted by Gasteiger charge is 2.25. The largest absolute Gasteiger partial charge is 0.493 e. The number of ether oxygens (including phenoxy) is 2. The van der Waals surface area contributed by atoms with Gasteiger partial charge in [0.1, 0.15) is 0 Å². The summed E-state index contributed by atoms with van der Waals surface area (Å²) in [5, 5.41) is 2.10. The first-order valence-electron chi connectivity index (χ1n) is 10.8. The quantitative estimate of drug-likeness (QED) is 0.565. The zero-order valence-corrected chi connectivity index (χ0v) is 19.2. The second-order valence-electron chi connectivity index (χ2n) is 7.99. The molecule has 2 heterocycles. The van der Waals surface area contributed by atoms with E-state index in [4.69, 9.17) is 9.47 Å². The van der Waals surface area contributed by atoms with E-state index in [1.54, 1.807) is 25.6 Å². The van der Waals surface area contributed by atoms with Crippen LogP contribution in [0.25, 0.3) is 0 Å². The third kappa shape index (κ3) is 6.22. The van der Waals surface area contributed by atoms with Crippen molar-refractivity contribution in [3.8, 4) is 11.5 Å². The molecule has 1 aliphatic rings. The maximum Gasteiger partial charge on any atom is 0.222 e. The second-order valence-corrected chi connectivity index (χ2v) is 9.02. The average Bonchev–Trinajstić information content (AvgIpc) is 3.30. The summed E-state index contributed by atoms with van der Waals surface area (Å²) in [6.45, 7) is 2.71. The first-order chi connectivity index (χ1) is 14.6. The van der Waals surface area contributed by atoms with Crippen LogP contribution in [-0.4, -0.2) is 62.7 Å². The van der Waals surface area contributed by atoms with Crippen molar-refractivity contribution in [2.24, 2.45) is 0 Å². The molecule has 1 aromatic heterocycles. The van der Waals surface area contributed by atoms with Crippen LogP contribution in [0.1, 0.15) is 36.1 Å². The summed E-state index contributed by atoms with van der Waals surface area (Å²) in [6.07, 6.45) is 5.78. The molecule has 0 bridgehead atoms. The fourth-order valence-electron chi connectivity index (χ4n) is 4.09. The topological polar surface area (TPSA) is 42.0 Å². The average molecular weight is 431 g/mol. The maximum absolute atomic E-state index is 12.7. The molecule has 0 aliphatic carbocycles. The molecular weight excluding hydrogens is 396 g/mol. The lowest BCUT2D eigenvalue weighted by molar-refractivity contribution is -0.133. The molecule has 1 aromatic carbocycles. The summed E-state index contributed by atoms with van der Waals surface area (Å²) in [7, 11) is 5.50. The molecule has 1 saturated heterocycles. The number of carbonyl (C=O) groups excluding carboxylic acids is 1. The fraction of sp³-hybridized carbons (Fsp3) is 0.542. The summed E-state index contributed by atoms with van der Waals surface area (Å²) >= 11 is 1.78. The molecule has 0 saturated carbocycles. The van der Waals surface area contributed by atoms with Gasteiger partial charge in [-0.1, -0.05) is 12.1 Å². The molecule has 30 heavy (non-hydrogen) atoms. The van der Waals surface area contributed by atoms with E-state index < -0.39 is 0 Å². The van der Waals surface area contributed by atoms with Gasteiger partial charge in [-0.3, -0.25) is 4.79 Å². The molecule has 0 N–H and O–H groups in total. The van der Waals surface area contributed by atoms with E-state index in [0.717, 1.165) is 63.2 Å². The Morgan fingerprint density at radius 3 is 2.77 bits per heavy atom. The zero-order valence-electron chi connectivity index (χ0n) is 18.4. The number of likely N-dealkylation sites (tertiary alicyclic amines) is 1. The molecule has 1 aliphatic heterocycles. The number of aryl methyl sites for hydroxylation is 1. The van der Waals surface area contributed by atoms with E-state index >= 15 is 0 Å². The molecule has 5 nitrogen and oxygen atoms in total. The highest BCUT2D eigenvalue weighted by molar-refractivity contribution is 7.09. The van der Waals surface area contributed by atoms with Crippen molar-refractivity contribution in [3.63, 3.8) is 0 Å². The Bertz CT molecular complexity index is 794. The first kappa shape index (κ1) is 22.6. The van der Waals surface area contributed by atoms with E-state index in [1.807, 2.05) is 6.07 Å². The van der Waals surface area contributed by atoms with E-state index in [1.165, 1.54) is 10.4 Å². The van der Waals surface area contributed by atoms with Crippen molar-refractivity contribution in [3.05, 3.63) is 46.2 Å². The van der Waals surface area contributed by atoms with Crippen LogP contribution in [0.3, 0.4) is 0 Å². The lowest BCUT2D eigenvalue weighted by Gasteiger charge is -2.38. The Hall–Kier alpha value is -2.05. The third-order valence-electron chi connectivity index (χ3n) is 5.97. The van der Waals surface area contributed by atoms with Crippen LogP contribution in [0, 0.1) is 0 Å². The van der Waals surface area contributed by atoms with Gasteiger partial charge >= 0.3 is 0 Å². The minimum Gasteiger partial charge on any atom is -0.493 e. The van der Waals surface area contributed by atoms with Crippen LogP contribution < -0.4 is 9.47 Å². The SMILES string of the molecule is COc1ccc(CCN(C)C2CCCN(C(=O)CCCc3cccs3)C2)cc1OC. The van der Waals surface area contributed by atoms with E-state index in [0.29, 0.717) is 18.4 Å². The van der Waals surface area contributed by atoms with Gasteiger partial charge in [-0.05, 0) is 68.3 Å². The molecule has 1 fully saturated rings. The molecule has 3 rings (SSSR count). The molecule has 0 radical (unpaired) electrons. The summed E-state index contributed by atoms with van der Waals surface area (Å²) in [6, 6.07) is 10.8. The molecule has 1 unspecified atom stereocenters. The number of hydrogen-bond acceptors (Lipinski definition) is 5. The lowest BCUT2D eigenvalue weighted by Crippen LogP contribution is -2.49. The first-order valence-corrected chi connectivity index (χ1v) is 11.7. The van der Waals surface area contributed by atoms with Gasteiger partial charge in [0, 0.05) is 37.0 Å². The molecule has 0 spiro atoms. The Kier molecular flexibility index (Phi) is 8.58. The van der Waals surface area contributed by atoms with Gasteiger partial charge in [-0.25, -0.2) is 0 Å². The Morgan fingerprint density at radius 2 is 2.03 bits per heavy atom. The fourth-order valence-corrected chi connectivity index (χ4v) is 4.84. The number of benzene rings is 1. The summed E-state index contributed by atoms with van der Waals surface area (Å²) in [4.78, 5) is 18.5. The molecule has 164 valence electrons. The molecular formula is C24H34N2O3S. The smallest absolute Gasteiger partial charge is 0.222 e. The predicted molar refractivity (Wildman–Crippen MR) is 123 cm³/mol. The van der Waals surface area contributed by atoms with Crippen LogP contribution in [0.4, 0.5) is 0 Å². The van der Waals surface area contributed by atoms with Crippen LogP contribution in [0.2, 0.25) is 0 Å². The highest BCUT2D eigenvalue weighted by atomic mass is 32.1. The molecule has 1 amide bonds. The van der Waals surface area contributed by atoms with Gasteiger partial charge in [0.15, 0.2) is 11.5 Å². The summed E-state index contributed by atoms with van der Waals surface area (Å²) in [5.41, 5.74) is 1.23. The zero-order chi connectivity index (χ0) is 21.3. The van der Waals surface area contributed by atoms with Crippen molar-refractivity contribution in [1.82, 2.24) is 9.80 Å². The predicted octanol–water partition coefficient (Wildman–Crippen LogP) is 4.25. The van der Waals surface area contributed by atoms with Crippen molar-refractivity contribution in [1.29, 1.82) is 0 Å². The minimum absolute atomic E-state index is 0.310. The van der Waals surface area contributed by atoms with Crippen LogP contribution >= 0.6 is 11.3 Å². The minimum atomic E-state index is 0.310. The summed E-state index contributed by atoms with van der Waals surface area (Å²) in [5.74, 6) is 1.84. The van der Waals surface area contributed by atoms with E-state index in [-0.39, 0.29) is 0 Å². The molecule has 1 atom stereocenters. The molecule has 2 aromatic rings. The van der Waals surface area contributed by atoms with Gasteiger partial charge in [0.25, 0.3) is 0 Å². The van der Waals surface area contributed by atoms with E-state index in [9.17, 15) is 4.79 Å². The van der Waals surface area contributed by atoms with Crippen molar-refractivity contribution >= 4 is 17.2 Å². The van der Waals surface area contributed by atoms with Crippen molar-refractivity contribution < 1.29 is 14.3 Å². The second kappa shape index (κ2) is 11.4. The monoisotopic (exact) mass is 430 g/mol. The van der Waals surface area contributed by atoms with Crippen LogP contribution in [0.15, 0.2) is 35.7 Å². The number of methoxy groups -OCH3 is 2. The van der Waals surface area contributed by atoms with Crippen LogP contribution in [0.5, 0.6) is 11.5 Å². The van der Waals surface area contributed by atoms with E-state index in [2.05, 4.69) is 46.5 Å². The van der Waals surface area contributed by atoms with Crippen molar-refractivity contribution in [2.75, 3.05) is 40.9 Å². The number of amides is 1. The van der Waals surface area contributed by atoms with Gasteiger partial charge < -0.3 is 19.3 Å². The van der Waals surface area contributed by atoms with Gasteiger partial charge in [0.2, 0.25) is 5.91 Å². The number of rotatable bonds is 10. The number of likely N-dealkylation sites (N-methyl/N-ethyl adjacent to an activating group) is 1. The third-order valence-corrected chi connectivity index (χ3v) is 6.90. The van der Waals surface area contributed by atoms with Gasteiger partial charge in [-0.2, -0.15) is 0 Å². The summed E-state index contributed by atoms with van der Waals surface area (Å²) < 4.78 is 10.7. The Morgan fingerprint density at radius 1 is 1.20 bits per heavy atom. The normalized spacial score (nSPS) is 16.7. The van der Waals surface area contributed by atoms with Crippen molar-refractivity contribution in [2.45, 2.75) is 44.6 Å². The maximum atomic E-state index is 12.7.